The summed E-state index contributed by atoms with van der Waals surface area (Å²) < 4.78 is 11.4. The molecule has 1 amide bonds. The van der Waals surface area contributed by atoms with Gasteiger partial charge in [-0.3, -0.25) is 4.79 Å². The van der Waals surface area contributed by atoms with Crippen molar-refractivity contribution in [3.63, 3.8) is 0 Å². The summed E-state index contributed by atoms with van der Waals surface area (Å²) >= 11 is 0. The Morgan fingerprint density at radius 3 is 3.00 bits per heavy atom. The summed E-state index contributed by atoms with van der Waals surface area (Å²) in [5.41, 5.74) is 4.23. The quantitative estimate of drug-likeness (QED) is 0.759. The number of tetrazole rings is 1. The van der Waals surface area contributed by atoms with Crippen molar-refractivity contribution in [2.45, 2.75) is 39.2 Å². The van der Waals surface area contributed by atoms with Gasteiger partial charge in [0.2, 0.25) is 11.7 Å². The number of nitrogens with one attached hydrogen (secondary N) is 1. The highest BCUT2D eigenvalue weighted by atomic mass is 16.5. The van der Waals surface area contributed by atoms with Gasteiger partial charge in [0.15, 0.2) is 0 Å². The maximum absolute atomic E-state index is 12.9. The number of aryl methyl sites for hydroxylation is 1. The van der Waals surface area contributed by atoms with Gasteiger partial charge in [0.1, 0.15) is 11.7 Å². The van der Waals surface area contributed by atoms with E-state index >= 15 is 0 Å². The molecule has 1 unspecified atom stereocenters. The minimum absolute atomic E-state index is 0.0427. The van der Waals surface area contributed by atoms with Gasteiger partial charge >= 0.3 is 0 Å². The number of nitrogens with zero attached hydrogens (tertiary/aromatic N) is 4. The molecule has 8 heteroatoms. The Hall–Kier alpha value is -2.74. The summed E-state index contributed by atoms with van der Waals surface area (Å²) in [4.78, 5) is 14.7. The van der Waals surface area contributed by atoms with E-state index in [0.29, 0.717) is 37.9 Å². The van der Waals surface area contributed by atoms with E-state index in [-0.39, 0.29) is 12.0 Å². The van der Waals surface area contributed by atoms with Gasteiger partial charge < -0.3 is 14.1 Å². The molecule has 0 radical (unpaired) electrons. The molecule has 0 spiro atoms. The van der Waals surface area contributed by atoms with E-state index in [1.807, 2.05) is 0 Å². The lowest BCUT2D eigenvalue weighted by molar-refractivity contribution is -0.138. The molecule has 3 heterocycles. The van der Waals surface area contributed by atoms with E-state index < -0.39 is 0 Å². The van der Waals surface area contributed by atoms with Crippen LogP contribution in [0.4, 0.5) is 0 Å². The Bertz CT molecular complexity index is 948. The van der Waals surface area contributed by atoms with Crippen LogP contribution >= 0.6 is 0 Å². The molecule has 1 saturated heterocycles. The van der Waals surface area contributed by atoms with E-state index in [4.69, 9.17) is 9.15 Å². The van der Waals surface area contributed by atoms with Crippen molar-refractivity contribution in [1.82, 2.24) is 25.5 Å². The SMILES string of the molecule is Cc1cc2occ(CC(=O)N3CCOC(c4nn[nH]n4)C3)c2cc1C(C)C. The number of aromatic nitrogens is 4. The van der Waals surface area contributed by atoms with Gasteiger partial charge in [0.05, 0.1) is 25.8 Å². The number of morpholine rings is 1. The first kappa shape index (κ1) is 17.7. The topological polar surface area (TPSA) is 97.1 Å². The molecule has 3 aromatic rings. The molecule has 1 aliphatic rings. The first-order chi connectivity index (χ1) is 13.0. The number of aromatic amines is 1. The van der Waals surface area contributed by atoms with Crippen molar-refractivity contribution in [2.24, 2.45) is 0 Å². The molecule has 2 aromatic heterocycles. The lowest BCUT2D eigenvalue weighted by atomic mass is 9.95. The van der Waals surface area contributed by atoms with E-state index in [1.165, 1.54) is 11.1 Å². The fourth-order valence-corrected chi connectivity index (χ4v) is 3.62. The zero-order chi connectivity index (χ0) is 19.0. The van der Waals surface area contributed by atoms with Crippen LogP contribution in [0.2, 0.25) is 0 Å². The van der Waals surface area contributed by atoms with Crippen molar-refractivity contribution in [3.8, 4) is 0 Å². The number of carbonyl (C=O) groups is 1. The predicted molar refractivity (Wildman–Crippen MR) is 98.2 cm³/mol. The number of fused-ring (bicyclic) bond motifs is 1. The standard InChI is InChI=1S/C19H23N5O3/c1-11(2)14-8-15-13(10-27-16(15)6-12(14)3)7-18(25)24-4-5-26-17(9-24)19-20-22-23-21-19/h6,8,10-11,17H,4-5,7,9H2,1-3H3,(H,20,21,22,23). The van der Waals surface area contributed by atoms with Crippen LogP contribution in [-0.4, -0.2) is 51.1 Å². The monoisotopic (exact) mass is 369 g/mol. The molecule has 8 nitrogen and oxygen atoms in total. The molecule has 27 heavy (non-hydrogen) atoms. The number of amides is 1. The van der Waals surface area contributed by atoms with Crippen molar-refractivity contribution < 1.29 is 13.9 Å². The molecule has 0 bridgehead atoms. The van der Waals surface area contributed by atoms with Crippen molar-refractivity contribution >= 4 is 16.9 Å². The highest BCUT2D eigenvalue weighted by molar-refractivity contribution is 5.88. The van der Waals surface area contributed by atoms with Crippen LogP contribution < -0.4 is 0 Å². The first-order valence-electron chi connectivity index (χ1n) is 9.16. The number of ether oxygens (including phenoxy) is 1. The number of hydrogen-bond donors (Lipinski definition) is 1. The van der Waals surface area contributed by atoms with Gasteiger partial charge in [-0.05, 0) is 36.1 Å². The maximum atomic E-state index is 12.9. The normalized spacial score (nSPS) is 17.8. The average Bonchev–Trinajstić information content (AvgIpc) is 3.31. The Labute approximate surface area is 156 Å². The Balaban J connectivity index is 1.53. The lowest BCUT2D eigenvalue weighted by Gasteiger charge is -2.31. The third kappa shape index (κ3) is 3.44. The van der Waals surface area contributed by atoms with Crippen molar-refractivity contribution in [2.75, 3.05) is 19.7 Å². The number of furan rings is 1. The van der Waals surface area contributed by atoms with Crippen molar-refractivity contribution in [3.05, 3.63) is 40.9 Å². The maximum Gasteiger partial charge on any atom is 0.227 e. The van der Waals surface area contributed by atoms with Gasteiger partial charge in [-0.15, -0.1) is 10.2 Å². The highest BCUT2D eigenvalue weighted by Gasteiger charge is 2.28. The Morgan fingerprint density at radius 1 is 1.41 bits per heavy atom. The second-order valence-corrected chi connectivity index (χ2v) is 7.27. The zero-order valence-electron chi connectivity index (χ0n) is 15.7. The fraction of sp³-hybridized carbons (Fsp3) is 0.474. The van der Waals surface area contributed by atoms with Crippen LogP contribution in [0.15, 0.2) is 22.8 Å². The minimum atomic E-state index is -0.349. The molecule has 1 atom stereocenters. The van der Waals surface area contributed by atoms with E-state index in [9.17, 15) is 4.79 Å². The van der Waals surface area contributed by atoms with Crippen LogP contribution in [0.3, 0.4) is 0 Å². The fourth-order valence-electron chi connectivity index (χ4n) is 3.62. The largest absolute Gasteiger partial charge is 0.464 e. The highest BCUT2D eigenvalue weighted by Crippen LogP contribution is 2.29. The molecule has 1 N–H and O–H groups in total. The van der Waals surface area contributed by atoms with E-state index in [2.05, 4.69) is 53.5 Å². The number of hydrogen-bond acceptors (Lipinski definition) is 6. The smallest absolute Gasteiger partial charge is 0.227 e. The van der Waals surface area contributed by atoms with Gasteiger partial charge in [-0.2, -0.15) is 5.21 Å². The van der Waals surface area contributed by atoms with Crippen LogP contribution in [0.1, 0.15) is 48.4 Å². The van der Waals surface area contributed by atoms with Gasteiger partial charge in [0.25, 0.3) is 0 Å². The summed E-state index contributed by atoms with van der Waals surface area (Å²) in [6, 6.07) is 4.21. The summed E-state index contributed by atoms with van der Waals surface area (Å²) in [5, 5.41) is 14.9. The Kier molecular flexibility index (Phi) is 4.65. The molecule has 0 saturated carbocycles. The average molecular weight is 369 g/mol. The minimum Gasteiger partial charge on any atom is -0.464 e. The second kappa shape index (κ2) is 7.11. The number of rotatable bonds is 4. The van der Waals surface area contributed by atoms with Crippen molar-refractivity contribution in [1.29, 1.82) is 0 Å². The van der Waals surface area contributed by atoms with Crippen LogP contribution in [0.25, 0.3) is 11.0 Å². The number of carbonyl (C=O) groups excluding carboxylic acids is 1. The Morgan fingerprint density at radius 2 is 2.26 bits per heavy atom. The summed E-state index contributed by atoms with van der Waals surface area (Å²) in [6.45, 7) is 7.86. The first-order valence-corrected chi connectivity index (χ1v) is 9.16. The molecular formula is C19H23N5O3. The zero-order valence-corrected chi connectivity index (χ0v) is 15.7. The predicted octanol–water partition coefficient (Wildman–Crippen LogP) is 2.52. The van der Waals surface area contributed by atoms with Gasteiger partial charge in [-0.25, -0.2) is 0 Å². The lowest BCUT2D eigenvalue weighted by Crippen LogP contribution is -2.43. The third-order valence-corrected chi connectivity index (χ3v) is 5.07. The summed E-state index contributed by atoms with van der Waals surface area (Å²) in [5.74, 6) is 0.933. The molecule has 1 fully saturated rings. The number of benzene rings is 1. The molecule has 4 rings (SSSR count). The van der Waals surface area contributed by atoms with Crippen LogP contribution in [0.5, 0.6) is 0 Å². The third-order valence-electron chi connectivity index (χ3n) is 5.07. The number of H-pyrrole nitrogens is 1. The second-order valence-electron chi connectivity index (χ2n) is 7.27. The van der Waals surface area contributed by atoms with E-state index in [1.54, 1.807) is 11.2 Å². The summed E-state index contributed by atoms with van der Waals surface area (Å²) in [6.07, 6.45) is 1.65. The van der Waals surface area contributed by atoms with Crippen LogP contribution in [-0.2, 0) is 16.0 Å². The van der Waals surface area contributed by atoms with Gasteiger partial charge in [-0.1, -0.05) is 19.1 Å². The molecular weight excluding hydrogens is 346 g/mol. The van der Waals surface area contributed by atoms with Crippen LogP contribution in [0, 0.1) is 6.92 Å². The molecule has 1 aliphatic heterocycles. The molecule has 1 aromatic carbocycles. The van der Waals surface area contributed by atoms with Gasteiger partial charge in [0, 0.05) is 17.5 Å². The van der Waals surface area contributed by atoms with E-state index in [0.717, 1.165) is 16.5 Å². The summed E-state index contributed by atoms with van der Waals surface area (Å²) in [7, 11) is 0. The molecule has 142 valence electrons. The molecule has 0 aliphatic carbocycles.